The fraction of sp³-hybridized carbons (Fsp3) is 0.0714. The quantitative estimate of drug-likeness (QED) is 0.721. The summed E-state index contributed by atoms with van der Waals surface area (Å²) in [5, 5.41) is 10.3. The molecule has 1 nitrogen and oxygen atoms in total. The van der Waals surface area contributed by atoms with Crippen LogP contribution in [0.25, 0.3) is 11.1 Å². The molecule has 3 heteroatoms. The van der Waals surface area contributed by atoms with Crippen LogP contribution in [0.15, 0.2) is 36.4 Å². The number of aryl methyl sites for hydroxylation is 1. The van der Waals surface area contributed by atoms with Crippen LogP contribution in [0.2, 0.25) is 10.0 Å². The molecule has 0 aliphatic heterocycles. The molecule has 0 aromatic heterocycles. The molecule has 0 atom stereocenters. The van der Waals surface area contributed by atoms with Crippen molar-refractivity contribution in [2.75, 3.05) is 0 Å². The van der Waals surface area contributed by atoms with Crippen molar-refractivity contribution >= 4 is 23.2 Å². The molecule has 0 saturated heterocycles. The normalized spacial score (nSPS) is 10.0. The summed E-state index contributed by atoms with van der Waals surface area (Å²) in [6.07, 6.45) is 0. The van der Waals surface area contributed by atoms with Crippen LogP contribution in [0.4, 0.5) is 0 Å². The van der Waals surface area contributed by atoms with Crippen molar-refractivity contribution < 1.29 is 0 Å². The standard InChI is InChI=1S/C14H9Cl2N/c1-9-3-2-4-13(16)14(9)12-7-11(15)6-5-10(12)8-17/h2-7H,1H3. The van der Waals surface area contributed by atoms with Crippen LogP contribution in [0.3, 0.4) is 0 Å². The maximum Gasteiger partial charge on any atom is 0.0998 e. The molecule has 2 aromatic rings. The minimum atomic E-state index is 0.575. The van der Waals surface area contributed by atoms with Gasteiger partial charge in [-0.1, -0.05) is 35.3 Å². The van der Waals surface area contributed by atoms with Gasteiger partial charge < -0.3 is 0 Å². The molecule has 0 N–H and O–H groups in total. The number of nitrogens with zero attached hydrogens (tertiary/aromatic N) is 1. The minimum absolute atomic E-state index is 0.575. The number of halogens is 2. The van der Waals surface area contributed by atoms with Crippen LogP contribution in [-0.4, -0.2) is 0 Å². The second-order valence-electron chi connectivity index (χ2n) is 3.73. The van der Waals surface area contributed by atoms with Gasteiger partial charge in [-0.25, -0.2) is 0 Å². The van der Waals surface area contributed by atoms with E-state index in [9.17, 15) is 0 Å². The smallest absolute Gasteiger partial charge is 0.0998 e. The molecular formula is C14H9Cl2N. The molecule has 0 aliphatic carbocycles. The van der Waals surface area contributed by atoms with E-state index in [1.165, 1.54) is 0 Å². The third-order valence-electron chi connectivity index (χ3n) is 2.59. The third-order valence-corrected chi connectivity index (χ3v) is 3.14. The van der Waals surface area contributed by atoms with Crippen molar-refractivity contribution in [3.05, 3.63) is 57.6 Å². The number of benzene rings is 2. The Hall–Kier alpha value is -1.49. The zero-order valence-electron chi connectivity index (χ0n) is 9.17. The van der Waals surface area contributed by atoms with Gasteiger partial charge in [0.15, 0.2) is 0 Å². The maximum absolute atomic E-state index is 9.12. The molecule has 0 bridgehead atoms. The fourth-order valence-electron chi connectivity index (χ4n) is 1.79. The van der Waals surface area contributed by atoms with Gasteiger partial charge in [-0.2, -0.15) is 5.26 Å². The largest absolute Gasteiger partial charge is 0.192 e. The predicted octanol–water partition coefficient (Wildman–Crippen LogP) is 4.84. The Kier molecular flexibility index (Phi) is 3.38. The molecule has 0 amide bonds. The SMILES string of the molecule is Cc1cccc(Cl)c1-c1cc(Cl)ccc1C#N. The van der Waals surface area contributed by atoms with Crippen LogP contribution < -0.4 is 0 Å². The van der Waals surface area contributed by atoms with E-state index in [-0.39, 0.29) is 0 Å². The van der Waals surface area contributed by atoms with E-state index in [1.54, 1.807) is 18.2 Å². The lowest BCUT2D eigenvalue weighted by atomic mass is 9.96. The Bertz CT molecular complexity index is 592. The van der Waals surface area contributed by atoms with Crippen molar-refractivity contribution in [2.24, 2.45) is 0 Å². The molecule has 0 heterocycles. The van der Waals surface area contributed by atoms with E-state index in [4.69, 9.17) is 28.5 Å². The summed E-state index contributed by atoms with van der Waals surface area (Å²) in [6, 6.07) is 13.0. The zero-order valence-corrected chi connectivity index (χ0v) is 10.7. The summed E-state index contributed by atoms with van der Waals surface area (Å²) in [6.45, 7) is 1.96. The van der Waals surface area contributed by atoms with Gasteiger partial charge in [0, 0.05) is 21.2 Å². The molecule has 2 rings (SSSR count). The average Bonchev–Trinajstić information content (AvgIpc) is 2.29. The molecule has 0 aliphatic rings. The van der Waals surface area contributed by atoms with Crippen molar-refractivity contribution in [1.82, 2.24) is 0 Å². The zero-order chi connectivity index (χ0) is 12.4. The Morgan fingerprint density at radius 1 is 1.12 bits per heavy atom. The first-order valence-corrected chi connectivity index (χ1v) is 5.84. The number of nitriles is 1. The molecule has 0 radical (unpaired) electrons. The van der Waals surface area contributed by atoms with E-state index >= 15 is 0 Å². The topological polar surface area (TPSA) is 23.8 Å². The first-order chi connectivity index (χ1) is 8.13. The highest BCUT2D eigenvalue weighted by Crippen LogP contribution is 2.34. The monoisotopic (exact) mass is 261 g/mol. The van der Waals surface area contributed by atoms with Gasteiger partial charge in [-0.05, 0) is 36.8 Å². The van der Waals surface area contributed by atoms with E-state index in [0.717, 1.165) is 16.7 Å². The van der Waals surface area contributed by atoms with Crippen LogP contribution in [0.1, 0.15) is 11.1 Å². The summed E-state index contributed by atoms with van der Waals surface area (Å²) in [7, 11) is 0. The second kappa shape index (κ2) is 4.79. The van der Waals surface area contributed by atoms with Gasteiger partial charge in [-0.15, -0.1) is 0 Å². The summed E-state index contributed by atoms with van der Waals surface area (Å²) in [5.41, 5.74) is 3.25. The lowest BCUT2D eigenvalue weighted by Gasteiger charge is -2.10. The minimum Gasteiger partial charge on any atom is -0.192 e. The Morgan fingerprint density at radius 2 is 1.88 bits per heavy atom. The van der Waals surface area contributed by atoms with Crippen molar-refractivity contribution in [3.63, 3.8) is 0 Å². The molecule has 0 fully saturated rings. The van der Waals surface area contributed by atoms with E-state index in [2.05, 4.69) is 6.07 Å². The van der Waals surface area contributed by atoms with E-state index < -0.39 is 0 Å². The highest BCUT2D eigenvalue weighted by Gasteiger charge is 2.11. The van der Waals surface area contributed by atoms with Gasteiger partial charge in [-0.3, -0.25) is 0 Å². The lowest BCUT2D eigenvalue weighted by molar-refractivity contribution is 1.43. The highest BCUT2D eigenvalue weighted by atomic mass is 35.5. The number of hydrogen-bond acceptors (Lipinski definition) is 1. The summed E-state index contributed by atoms with van der Waals surface area (Å²) in [4.78, 5) is 0. The van der Waals surface area contributed by atoms with Crippen LogP contribution in [-0.2, 0) is 0 Å². The molecular weight excluding hydrogens is 253 g/mol. The Morgan fingerprint density at radius 3 is 2.53 bits per heavy atom. The predicted molar refractivity (Wildman–Crippen MR) is 71.4 cm³/mol. The number of hydrogen-bond donors (Lipinski definition) is 0. The lowest BCUT2D eigenvalue weighted by Crippen LogP contribution is -1.89. The second-order valence-corrected chi connectivity index (χ2v) is 4.58. The third kappa shape index (κ3) is 2.29. The molecule has 2 aromatic carbocycles. The Balaban J connectivity index is 2.77. The average molecular weight is 262 g/mol. The molecule has 0 saturated carbocycles. The van der Waals surface area contributed by atoms with Gasteiger partial charge in [0.05, 0.1) is 11.6 Å². The first kappa shape index (κ1) is 12.0. The van der Waals surface area contributed by atoms with Crippen LogP contribution in [0, 0.1) is 18.3 Å². The first-order valence-electron chi connectivity index (χ1n) is 5.08. The molecule has 0 unspecified atom stereocenters. The summed E-state index contributed by atoms with van der Waals surface area (Å²) >= 11 is 12.2. The molecule has 0 spiro atoms. The van der Waals surface area contributed by atoms with Crippen molar-refractivity contribution in [3.8, 4) is 17.2 Å². The number of rotatable bonds is 1. The summed E-state index contributed by atoms with van der Waals surface area (Å²) in [5.74, 6) is 0. The van der Waals surface area contributed by atoms with Gasteiger partial charge >= 0.3 is 0 Å². The van der Waals surface area contributed by atoms with Crippen molar-refractivity contribution in [1.29, 1.82) is 5.26 Å². The van der Waals surface area contributed by atoms with Gasteiger partial charge in [0.2, 0.25) is 0 Å². The molecule has 17 heavy (non-hydrogen) atoms. The van der Waals surface area contributed by atoms with Crippen LogP contribution in [0.5, 0.6) is 0 Å². The van der Waals surface area contributed by atoms with Gasteiger partial charge in [0.1, 0.15) is 0 Å². The fourth-order valence-corrected chi connectivity index (χ4v) is 2.29. The van der Waals surface area contributed by atoms with Crippen LogP contribution >= 0.6 is 23.2 Å². The van der Waals surface area contributed by atoms with Crippen molar-refractivity contribution in [2.45, 2.75) is 6.92 Å². The highest BCUT2D eigenvalue weighted by molar-refractivity contribution is 6.34. The summed E-state index contributed by atoms with van der Waals surface area (Å²) < 4.78 is 0. The van der Waals surface area contributed by atoms with E-state index in [0.29, 0.717) is 15.6 Å². The maximum atomic E-state index is 9.12. The van der Waals surface area contributed by atoms with Gasteiger partial charge in [0.25, 0.3) is 0 Å². The Labute approximate surface area is 110 Å². The molecule has 84 valence electrons. The van der Waals surface area contributed by atoms with E-state index in [1.807, 2.05) is 25.1 Å².